The summed E-state index contributed by atoms with van der Waals surface area (Å²) >= 11 is 4.59. The van der Waals surface area contributed by atoms with Crippen LogP contribution in [0.5, 0.6) is 0 Å². The monoisotopic (exact) mass is 393 g/mol. The molecule has 116 valence electrons. The van der Waals surface area contributed by atoms with Crippen LogP contribution in [-0.4, -0.2) is 13.4 Å². The van der Waals surface area contributed by atoms with Gasteiger partial charge in [0.2, 0.25) is 10.0 Å². The maximum absolute atomic E-state index is 12.4. The number of nitrogens with zero attached hydrogens (tertiary/aromatic N) is 1. The highest BCUT2D eigenvalue weighted by Crippen LogP contribution is 2.29. The second kappa shape index (κ2) is 6.17. The number of aromatic nitrogens is 1. The van der Waals surface area contributed by atoms with Crippen molar-refractivity contribution in [2.75, 3.05) is 0 Å². The molecule has 0 aliphatic carbocycles. The number of aryl methyl sites for hydroxylation is 2. The molecular weight excluding hydrogens is 378 g/mol. The van der Waals surface area contributed by atoms with Gasteiger partial charge in [-0.15, -0.1) is 11.3 Å². The Balaban J connectivity index is 2.28. The average molecular weight is 394 g/mol. The fourth-order valence-corrected chi connectivity index (χ4v) is 5.20. The molecule has 6 nitrogen and oxygen atoms in total. The van der Waals surface area contributed by atoms with Gasteiger partial charge in [-0.2, -0.15) is 0 Å². The van der Waals surface area contributed by atoms with Crippen LogP contribution in [0.25, 0.3) is 0 Å². The van der Waals surface area contributed by atoms with Crippen molar-refractivity contribution in [2.24, 2.45) is 5.73 Å². The van der Waals surface area contributed by atoms with Crippen LogP contribution in [0.4, 0.5) is 0 Å². The SMILES string of the molecule is Cc1nc(C)c(C(C)NS(=O)(=O)c2cc(CN)oc2Br)s1. The quantitative estimate of drug-likeness (QED) is 0.813. The Kier molecular flexibility index (Phi) is 4.89. The van der Waals surface area contributed by atoms with Crippen LogP contribution in [0.3, 0.4) is 0 Å². The van der Waals surface area contributed by atoms with Crippen molar-refractivity contribution in [2.45, 2.75) is 38.3 Å². The average Bonchev–Trinajstić information content (AvgIpc) is 2.91. The molecular formula is C12H16BrN3O3S2. The van der Waals surface area contributed by atoms with E-state index in [9.17, 15) is 8.42 Å². The molecule has 0 aliphatic rings. The zero-order chi connectivity index (χ0) is 15.8. The largest absolute Gasteiger partial charge is 0.452 e. The zero-order valence-electron chi connectivity index (χ0n) is 11.8. The van der Waals surface area contributed by atoms with E-state index in [0.717, 1.165) is 15.6 Å². The van der Waals surface area contributed by atoms with Gasteiger partial charge in [0, 0.05) is 10.9 Å². The van der Waals surface area contributed by atoms with Gasteiger partial charge in [0.05, 0.1) is 23.3 Å². The highest BCUT2D eigenvalue weighted by molar-refractivity contribution is 9.10. The molecule has 0 amide bonds. The number of sulfonamides is 1. The third-order valence-electron chi connectivity index (χ3n) is 2.86. The third kappa shape index (κ3) is 3.54. The lowest BCUT2D eigenvalue weighted by Gasteiger charge is -2.12. The lowest BCUT2D eigenvalue weighted by Crippen LogP contribution is -2.26. The number of thiazole rings is 1. The van der Waals surface area contributed by atoms with Crippen molar-refractivity contribution in [3.63, 3.8) is 0 Å². The number of furan rings is 1. The van der Waals surface area contributed by atoms with Crippen LogP contribution < -0.4 is 10.5 Å². The standard InChI is InChI=1S/C12H16BrN3O3S2/c1-6-11(20-8(3)15-6)7(2)16-21(17,18)10-4-9(5-14)19-12(10)13/h4,7,16H,5,14H2,1-3H3. The van der Waals surface area contributed by atoms with Gasteiger partial charge in [-0.25, -0.2) is 18.1 Å². The van der Waals surface area contributed by atoms with E-state index in [1.54, 1.807) is 6.92 Å². The summed E-state index contributed by atoms with van der Waals surface area (Å²) in [4.78, 5) is 5.26. The number of halogens is 1. The number of rotatable bonds is 5. The molecule has 0 saturated heterocycles. The number of hydrogen-bond acceptors (Lipinski definition) is 6. The second-order valence-electron chi connectivity index (χ2n) is 4.58. The summed E-state index contributed by atoms with van der Waals surface area (Å²) in [6.45, 7) is 5.68. The van der Waals surface area contributed by atoms with Gasteiger partial charge < -0.3 is 10.2 Å². The Morgan fingerprint density at radius 3 is 2.67 bits per heavy atom. The maximum Gasteiger partial charge on any atom is 0.245 e. The molecule has 0 aliphatic heterocycles. The first-order valence-corrected chi connectivity index (χ1v) is 9.28. The summed E-state index contributed by atoms with van der Waals surface area (Å²) in [5, 5.41) is 0.906. The van der Waals surface area contributed by atoms with E-state index in [0.29, 0.717) is 5.76 Å². The normalized spacial score (nSPS) is 13.6. The summed E-state index contributed by atoms with van der Waals surface area (Å²) in [6.07, 6.45) is 0. The molecule has 0 radical (unpaired) electrons. The molecule has 3 N–H and O–H groups in total. The van der Waals surface area contributed by atoms with Crippen molar-refractivity contribution in [1.82, 2.24) is 9.71 Å². The van der Waals surface area contributed by atoms with Gasteiger partial charge in [0.15, 0.2) is 4.67 Å². The molecule has 1 unspecified atom stereocenters. The molecule has 2 heterocycles. The molecule has 0 bridgehead atoms. The zero-order valence-corrected chi connectivity index (χ0v) is 15.0. The minimum atomic E-state index is -3.70. The Labute approximate surface area is 135 Å². The van der Waals surface area contributed by atoms with Gasteiger partial charge >= 0.3 is 0 Å². The van der Waals surface area contributed by atoms with Crippen molar-refractivity contribution in [1.29, 1.82) is 0 Å². The van der Waals surface area contributed by atoms with E-state index in [2.05, 4.69) is 25.6 Å². The van der Waals surface area contributed by atoms with E-state index in [-0.39, 0.29) is 22.2 Å². The first-order valence-electron chi connectivity index (χ1n) is 6.19. The number of hydrogen-bond donors (Lipinski definition) is 2. The molecule has 0 fully saturated rings. The van der Waals surface area contributed by atoms with E-state index in [1.807, 2.05) is 13.8 Å². The molecule has 9 heteroatoms. The minimum absolute atomic E-state index is 0.0497. The van der Waals surface area contributed by atoms with Gasteiger partial charge in [-0.3, -0.25) is 0 Å². The van der Waals surface area contributed by atoms with Crippen LogP contribution in [-0.2, 0) is 16.6 Å². The molecule has 0 aromatic carbocycles. The van der Waals surface area contributed by atoms with Gasteiger partial charge in [-0.05, 0) is 36.7 Å². The van der Waals surface area contributed by atoms with Crippen LogP contribution in [0, 0.1) is 13.8 Å². The minimum Gasteiger partial charge on any atom is -0.452 e. The van der Waals surface area contributed by atoms with E-state index < -0.39 is 10.0 Å². The number of nitrogens with two attached hydrogens (primary N) is 1. The molecule has 0 saturated carbocycles. The lowest BCUT2D eigenvalue weighted by molar-refractivity contribution is 0.483. The molecule has 0 spiro atoms. The van der Waals surface area contributed by atoms with E-state index in [4.69, 9.17) is 10.2 Å². The topological polar surface area (TPSA) is 98.2 Å². The third-order valence-corrected chi connectivity index (χ3v) is 6.52. The van der Waals surface area contributed by atoms with Crippen molar-refractivity contribution >= 4 is 37.3 Å². The second-order valence-corrected chi connectivity index (χ2v) is 8.22. The summed E-state index contributed by atoms with van der Waals surface area (Å²) in [5.41, 5.74) is 6.29. The Bertz CT molecular complexity index is 752. The van der Waals surface area contributed by atoms with Crippen molar-refractivity contribution in [3.05, 3.63) is 32.1 Å². The van der Waals surface area contributed by atoms with Crippen molar-refractivity contribution in [3.8, 4) is 0 Å². The predicted octanol–water partition coefficient (Wildman–Crippen LogP) is 2.61. The fourth-order valence-electron chi connectivity index (χ4n) is 1.98. The summed E-state index contributed by atoms with van der Waals surface area (Å²) in [5.74, 6) is 0.403. The van der Waals surface area contributed by atoms with Crippen LogP contribution in [0.15, 0.2) is 20.0 Å². The molecule has 21 heavy (non-hydrogen) atoms. The smallest absolute Gasteiger partial charge is 0.245 e. The Hall–Kier alpha value is -0.740. The molecule has 2 aromatic heterocycles. The van der Waals surface area contributed by atoms with Crippen LogP contribution >= 0.6 is 27.3 Å². The highest BCUT2D eigenvalue weighted by atomic mass is 79.9. The van der Waals surface area contributed by atoms with Crippen LogP contribution in [0.2, 0.25) is 0 Å². The highest BCUT2D eigenvalue weighted by Gasteiger charge is 2.26. The first-order chi connectivity index (χ1) is 9.74. The first kappa shape index (κ1) is 16.6. The Morgan fingerprint density at radius 2 is 2.19 bits per heavy atom. The summed E-state index contributed by atoms with van der Waals surface area (Å²) in [7, 11) is -3.70. The summed E-state index contributed by atoms with van der Waals surface area (Å²) < 4.78 is 32.9. The molecule has 2 rings (SSSR count). The maximum atomic E-state index is 12.4. The van der Waals surface area contributed by atoms with Gasteiger partial charge in [0.1, 0.15) is 10.7 Å². The van der Waals surface area contributed by atoms with Gasteiger partial charge in [0.25, 0.3) is 0 Å². The molecule has 2 aromatic rings. The summed E-state index contributed by atoms with van der Waals surface area (Å²) in [6, 6.07) is 1.05. The number of nitrogens with one attached hydrogen (secondary N) is 1. The Morgan fingerprint density at radius 1 is 1.52 bits per heavy atom. The molecule has 1 atom stereocenters. The predicted molar refractivity (Wildman–Crippen MR) is 84.6 cm³/mol. The fraction of sp³-hybridized carbons (Fsp3) is 0.417. The van der Waals surface area contributed by atoms with Crippen LogP contribution in [0.1, 0.15) is 34.3 Å². The van der Waals surface area contributed by atoms with E-state index in [1.165, 1.54) is 17.4 Å². The van der Waals surface area contributed by atoms with E-state index >= 15 is 0 Å². The van der Waals surface area contributed by atoms with Crippen molar-refractivity contribution < 1.29 is 12.8 Å². The lowest BCUT2D eigenvalue weighted by atomic mass is 10.2. The van der Waals surface area contributed by atoms with Gasteiger partial charge in [-0.1, -0.05) is 0 Å².